The normalized spacial score (nSPS) is 14.2. The first kappa shape index (κ1) is 11.9. The third-order valence-electron chi connectivity index (χ3n) is 2.02. The van der Waals surface area contributed by atoms with E-state index >= 15 is 0 Å². The van der Waals surface area contributed by atoms with E-state index in [9.17, 15) is 0 Å². The van der Waals surface area contributed by atoms with Crippen molar-refractivity contribution in [3.8, 4) is 0 Å². The molecule has 2 N–H and O–H groups in total. The number of hydrogen-bond donors (Lipinski definition) is 2. The lowest BCUT2D eigenvalue weighted by Gasteiger charge is -2.23. The molecule has 0 spiro atoms. The molecule has 0 aliphatic rings. The van der Waals surface area contributed by atoms with E-state index in [0.717, 1.165) is 19.0 Å². The van der Waals surface area contributed by atoms with Crippen LogP contribution in [0.5, 0.6) is 0 Å². The lowest BCUT2D eigenvalue weighted by Crippen LogP contribution is -2.42. The molecular weight excluding hydrogens is 148 g/mol. The molecule has 0 saturated heterocycles. The molecule has 0 amide bonds. The van der Waals surface area contributed by atoms with Gasteiger partial charge in [-0.25, -0.2) is 0 Å². The van der Waals surface area contributed by atoms with E-state index in [1.807, 2.05) is 7.05 Å². The van der Waals surface area contributed by atoms with Crippen LogP contribution >= 0.6 is 0 Å². The maximum Gasteiger partial charge on any atom is 0.0215 e. The van der Waals surface area contributed by atoms with Crippen LogP contribution in [0.1, 0.15) is 27.7 Å². The van der Waals surface area contributed by atoms with Crippen molar-refractivity contribution in [3.63, 3.8) is 0 Å². The summed E-state index contributed by atoms with van der Waals surface area (Å²) < 4.78 is 0. The number of rotatable bonds is 6. The molecule has 74 valence electrons. The molecule has 0 aromatic heterocycles. The van der Waals surface area contributed by atoms with Crippen molar-refractivity contribution in [3.05, 3.63) is 0 Å². The van der Waals surface area contributed by atoms with Crippen molar-refractivity contribution in [2.45, 2.75) is 33.7 Å². The first-order valence-corrected chi connectivity index (χ1v) is 4.96. The van der Waals surface area contributed by atoms with Gasteiger partial charge in [-0.05, 0) is 25.4 Å². The first-order valence-electron chi connectivity index (χ1n) is 4.96. The zero-order chi connectivity index (χ0) is 9.56. The van der Waals surface area contributed by atoms with Crippen LogP contribution in [0.3, 0.4) is 0 Å². The van der Waals surface area contributed by atoms with Crippen molar-refractivity contribution in [1.29, 1.82) is 0 Å². The average Bonchev–Trinajstić information content (AvgIpc) is 1.96. The second kappa shape index (κ2) is 6.44. The Morgan fingerprint density at radius 2 is 1.58 bits per heavy atom. The summed E-state index contributed by atoms with van der Waals surface area (Å²) in [6.45, 7) is 11.2. The molecular formula is C10H24N2. The van der Waals surface area contributed by atoms with Crippen LogP contribution in [0.4, 0.5) is 0 Å². The largest absolute Gasteiger partial charge is 0.318 e. The van der Waals surface area contributed by atoms with Gasteiger partial charge in [-0.2, -0.15) is 0 Å². The highest BCUT2D eigenvalue weighted by Crippen LogP contribution is 2.01. The van der Waals surface area contributed by atoms with Crippen LogP contribution in [-0.2, 0) is 0 Å². The van der Waals surface area contributed by atoms with Gasteiger partial charge >= 0.3 is 0 Å². The van der Waals surface area contributed by atoms with Gasteiger partial charge in [0.25, 0.3) is 0 Å². The molecule has 0 aliphatic heterocycles. The molecule has 0 fully saturated rings. The fraction of sp³-hybridized carbons (Fsp3) is 1.00. The average molecular weight is 172 g/mol. The quantitative estimate of drug-likeness (QED) is 0.634. The van der Waals surface area contributed by atoms with E-state index in [-0.39, 0.29) is 0 Å². The molecule has 0 rings (SSSR count). The molecule has 0 aliphatic carbocycles. The van der Waals surface area contributed by atoms with Gasteiger partial charge in [-0.15, -0.1) is 0 Å². The van der Waals surface area contributed by atoms with Crippen LogP contribution < -0.4 is 10.6 Å². The highest BCUT2D eigenvalue weighted by atomic mass is 15.0. The van der Waals surface area contributed by atoms with E-state index in [4.69, 9.17) is 0 Å². The second-order valence-electron chi connectivity index (χ2n) is 4.21. The zero-order valence-electron chi connectivity index (χ0n) is 9.15. The van der Waals surface area contributed by atoms with Gasteiger partial charge in [0, 0.05) is 12.6 Å². The van der Waals surface area contributed by atoms with Gasteiger partial charge in [0.05, 0.1) is 0 Å². The fourth-order valence-corrected chi connectivity index (χ4v) is 1.15. The smallest absolute Gasteiger partial charge is 0.0215 e. The number of hydrogen-bond acceptors (Lipinski definition) is 2. The summed E-state index contributed by atoms with van der Waals surface area (Å²) >= 11 is 0. The van der Waals surface area contributed by atoms with Crippen molar-refractivity contribution in [1.82, 2.24) is 10.6 Å². The standard InChI is InChI=1S/C10H24N2/c1-8(2)6-12-10(7-11-5)9(3)4/h8-12H,6-7H2,1-5H3/t10-/m0/s1. The maximum atomic E-state index is 3.56. The van der Waals surface area contributed by atoms with Crippen LogP contribution in [-0.4, -0.2) is 26.2 Å². The molecule has 0 bridgehead atoms. The highest BCUT2D eigenvalue weighted by molar-refractivity contribution is 4.72. The van der Waals surface area contributed by atoms with E-state index in [1.165, 1.54) is 0 Å². The third kappa shape index (κ3) is 5.56. The summed E-state index contributed by atoms with van der Waals surface area (Å²) in [5.41, 5.74) is 0. The van der Waals surface area contributed by atoms with Gasteiger partial charge in [0.1, 0.15) is 0 Å². The Morgan fingerprint density at radius 1 is 1.00 bits per heavy atom. The monoisotopic (exact) mass is 172 g/mol. The van der Waals surface area contributed by atoms with Gasteiger partial charge < -0.3 is 10.6 Å². The van der Waals surface area contributed by atoms with Gasteiger partial charge in [0.15, 0.2) is 0 Å². The Hall–Kier alpha value is -0.0800. The van der Waals surface area contributed by atoms with Crippen LogP contribution in [0.2, 0.25) is 0 Å². The van der Waals surface area contributed by atoms with Gasteiger partial charge in [0.2, 0.25) is 0 Å². The molecule has 0 aromatic rings. The Labute approximate surface area is 77.1 Å². The highest BCUT2D eigenvalue weighted by Gasteiger charge is 2.11. The Balaban J connectivity index is 3.63. The van der Waals surface area contributed by atoms with Crippen LogP contribution in [0, 0.1) is 11.8 Å². The summed E-state index contributed by atoms with van der Waals surface area (Å²) in [7, 11) is 2.01. The van der Waals surface area contributed by atoms with E-state index in [0.29, 0.717) is 12.0 Å². The predicted octanol–water partition coefficient (Wildman–Crippen LogP) is 1.48. The van der Waals surface area contributed by atoms with Crippen molar-refractivity contribution < 1.29 is 0 Å². The van der Waals surface area contributed by atoms with E-state index < -0.39 is 0 Å². The number of nitrogens with one attached hydrogen (secondary N) is 2. The van der Waals surface area contributed by atoms with Gasteiger partial charge in [-0.1, -0.05) is 27.7 Å². The third-order valence-corrected chi connectivity index (χ3v) is 2.02. The Bertz CT molecular complexity index is 100. The first-order chi connectivity index (χ1) is 5.57. The molecule has 0 unspecified atom stereocenters. The molecule has 0 aromatic carbocycles. The zero-order valence-corrected chi connectivity index (χ0v) is 9.15. The minimum Gasteiger partial charge on any atom is -0.318 e. The molecule has 12 heavy (non-hydrogen) atoms. The maximum absolute atomic E-state index is 3.56. The van der Waals surface area contributed by atoms with Crippen molar-refractivity contribution in [2.75, 3.05) is 20.1 Å². The van der Waals surface area contributed by atoms with Crippen LogP contribution in [0.15, 0.2) is 0 Å². The van der Waals surface area contributed by atoms with Crippen molar-refractivity contribution >= 4 is 0 Å². The summed E-state index contributed by atoms with van der Waals surface area (Å²) in [5.74, 6) is 1.44. The summed E-state index contributed by atoms with van der Waals surface area (Å²) in [4.78, 5) is 0. The summed E-state index contributed by atoms with van der Waals surface area (Å²) in [5, 5.41) is 6.77. The topological polar surface area (TPSA) is 24.1 Å². The minimum atomic E-state index is 0.609. The van der Waals surface area contributed by atoms with Crippen molar-refractivity contribution in [2.24, 2.45) is 11.8 Å². The summed E-state index contributed by atoms with van der Waals surface area (Å²) in [6, 6.07) is 0.609. The lowest BCUT2D eigenvalue weighted by atomic mass is 10.0. The van der Waals surface area contributed by atoms with E-state index in [1.54, 1.807) is 0 Å². The fourth-order valence-electron chi connectivity index (χ4n) is 1.15. The second-order valence-corrected chi connectivity index (χ2v) is 4.21. The van der Waals surface area contributed by atoms with Crippen LogP contribution in [0.25, 0.3) is 0 Å². The molecule has 0 radical (unpaired) electrons. The lowest BCUT2D eigenvalue weighted by molar-refractivity contribution is 0.368. The predicted molar refractivity (Wildman–Crippen MR) is 55.4 cm³/mol. The Morgan fingerprint density at radius 3 is 1.92 bits per heavy atom. The Kier molecular flexibility index (Phi) is 6.39. The molecule has 2 heteroatoms. The molecule has 0 heterocycles. The van der Waals surface area contributed by atoms with Gasteiger partial charge in [-0.3, -0.25) is 0 Å². The molecule has 0 saturated carbocycles. The molecule has 1 atom stereocenters. The molecule has 2 nitrogen and oxygen atoms in total. The summed E-state index contributed by atoms with van der Waals surface area (Å²) in [6.07, 6.45) is 0. The number of likely N-dealkylation sites (N-methyl/N-ethyl adjacent to an activating group) is 1. The SMILES string of the molecule is CNC[C@H](NCC(C)C)C(C)C. The minimum absolute atomic E-state index is 0.609. The van der Waals surface area contributed by atoms with E-state index in [2.05, 4.69) is 38.3 Å².